The van der Waals surface area contributed by atoms with Gasteiger partial charge in [0, 0.05) is 48.9 Å². The van der Waals surface area contributed by atoms with Crippen molar-refractivity contribution in [1.29, 1.82) is 0 Å². The van der Waals surface area contributed by atoms with Gasteiger partial charge in [-0.1, -0.05) is 24.8 Å². The van der Waals surface area contributed by atoms with E-state index in [-0.39, 0.29) is 51.3 Å². The molecule has 0 radical (unpaired) electrons. The van der Waals surface area contributed by atoms with Crippen LogP contribution in [0.15, 0.2) is 49.1 Å². The molecular weight excluding hydrogens is 598 g/mol. The highest BCUT2D eigenvalue weighted by Crippen LogP contribution is 2.35. The zero-order valence-electron chi connectivity index (χ0n) is 25.0. The van der Waals surface area contributed by atoms with Crippen LogP contribution in [-0.4, -0.2) is 90.7 Å². The second kappa shape index (κ2) is 14.5. The fraction of sp³-hybridized carbons (Fsp3) is 0.438. The summed E-state index contributed by atoms with van der Waals surface area (Å²) in [4.78, 5) is 34.5. The molecule has 3 aliphatic rings. The van der Waals surface area contributed by atoms with Crippen molar-refractivity contribution in [3.63, 3.8) is 0 Å². The summed E-state index contributed by atoms with van der Waals surface area (Å²) in [7, 11) is 2.12. The van der Waals surface area contributed by atoms with Crippen LogP contribution in [0, 0.1) is 12.4 Å². The monoisotopic (exact) mass is 637 g/mol. The molecule has 2 saturated heterocycles. The Kier molecular flexibility index (Phi) is 11.0. The molecule has 0 bridgehead atoms. The highest BCUT2D eigenvalue weighted by atomic mass is 32.1. The van der Waals surface area contributed by atoms with E-state index in [2.05, 4.69) is 33.2 Å². The minimum absolute atomic E-state index is 0. The Bertz CT molecular complexity index is 1550. The summed E-state index contributed by atoms with van der Waals surface area (Å²) in [5.74, 6) is 0.409. The number of nitrogens with zero attached hydrogens (tertiary/aromatic N) is 7. The smallest absolute Gasteiger partial charge is 0.318 e. The Balaban J connectivity index is 0.00000221. The van der Waals surface area contributed by atoms with Crippen molar-refractivity contribution >= 4 is 55.2 Å². The minimum atomic E-state index is -0.257. The maximum Gasteiger partial charge on any atom is 0.318 e. The van der Waals surface area contributed by atoms with Crippen LogP contribution >= 0.6 is 27.0 Å². The quantitative estimate of drug-likeness (QED) is 0.285. The van der Waals surface area contributed by atoms with Crippen LogP contribution in [0.4, 0.5) is 15.9 Å². The van der Waals surface area contributed by atoms with E-state index in [0.29, 0.717) is 51.3 Å². The lowest BCUT2D eigenvalue weighted by atomic mass is 10.0. The summed E-state index contributed by atoms with van der Waals surface area (Å²) < 4.78 is 20.5. The molecule has 0 unspecified atom stereocenters. The third-order valence-corrected chi connectivity index (χ3v) is 8.80. The van der Waals surface area contributed by atoms with Gasteiger partial charge in [-0.3, -0.25) is 4.79 Å². The predicted octanol–water partition coefficient (Wildman–Crippen LogP) is 4.15. The Morgan fingerprint density at radius 1 is 1.14 bits per heavy atom. The standard InChI is InChI=1S/C32H36FN7O2.2H2S/c1-4-30(41)40-16-15-39(19-25(40)18-34-2)31-26-12-14-38(29-9-5-7-22-10-11-23(33)17-27(22)29)20-28(26)35-32(36-31)42-21-24-8-6-13-37(24)3;;/h4-5,7,9-11,17,24-25H,1,6,8,12-16,18-21H2,3H3;2*1H2/t24-,25-;;/m0../s1. The van der Waals surface area contributed by atoms with E-state index >= 15 is 0 Å². The largest absolute Gasteiger partial charge is 0.462 e. The molecule has 234 valence electrons. The number of halogens is 1. The third-order valence-electron chi connectivity index (χ3n) is 8.80. The van der Waals surface area contributed by atoms with Crippen LogP contribution in [0.1, 0.15) is 24.1 Å². The number of anilines is 2. The Morgan fingerprint density at radius 2 is 1.98 bits per heavy atom. The number of benzene rings is 2. The van der Waals surface area contributed by atoms with E-state index in [4.69, 9.17) is 21.3 Å². The lowest BCUT2D eigenvalue weighted by molar-refractivity contribution is -0.128. The first kappa shape index (κ1) is 33.4. The van der Waals surface area contributed by atoms with Gasteiger partial charge in [-0.25, -0.2) is 11.0 Å². The maximum absolute atomic E-state index is 14.2. The molecule has 1 amide bonds. The van der Waals surface area contributed by atoms with E-state index in [9.17, 15) is 9.18 Å². The fourth-order valence-electron chi connectivity index (χ4n) is 6.50. The molecule has 3 aromatic rings. The highest BCUT2D eigenvalue weighted by molar-refractivity contribution is 7.59. The highest BCUT2D eigenvalue weighted by Gasteiger charge is 2.35. The van der Waals surface area contributed by atoms with Crippen LogP contribution in [0.2, 0.25) is 0 Å². The maximum atomic E-state index is 14.2. The van der Waals surface area contributed by atoms with Crippen molar-refractivity contribution in [3.05, 3.63) is 77.5 Å². The van der Waals surface area contributed by atoms with Crippen LogP contribution in [0.25, 0.3) is 15.6 Å². The summed E-state index contributed by atoms with van der Waals surface area (Å²) in [6.45, 7) is 15.8. The first-order valence-corrected chi connectivity index (χ1v) is 14.6. The average Bonchev–Trinajstić information content (AvgIpc) is 3.43. The van der Waals surface area contributed by atoms with Gasteiger partial charge in [0.05, 0.1) is 12.2 Å². The fourth-order valence-corrected chi connectivity index (χ4v) is 6.50. The third kappa shape index (κ3) is 6.75. The number of ether oxygens (including phenoxy) is 1. The summed E-state index contributed by atoms with van der Waals surface area (Å²) in [5, 5.41) is 1.87. The molecule has 12 heteroatoms. The topological polar surface area (TPSA) is 69.4 Å². The van der Waals surface area contributed by atoms with Crippen molar-refractivity contribution in [2.24, 2.45) is 0 Å². The zero-order chi connectivity index (χ0) is 29.2. The lowest BCUT2D eigenvalue weighted by Crippen LogP contribution is -2.56. The molecule has 2 atom stereocenters. The molecular formula is C32H40FN7O2S2. The van der Waals surface area contributed by atoms with Gasteiger partial charge in [0.2, 0.25) is 12.5 Å². The van der Waals surface area contributed by atoms with E-state index in [0.717, 1.165) is 59.5 Å². The first-order chi connectivity index (χ1) is 20.4. The van der Waals surface area contributed by atoms with Gasteiger partial charge < -0.3 is 29.2 Å². The van der Waals surface area contributed by atoms with Crippen LogP contribution in [0.3, 0.4) is 0 Å². The molecule has 0 spiro atoms. The number of amides is 1. The number of piperazine rings is 1. The molecule has 9 nitrogen and oxygen atoms in total. The molecule has 1 aromatic heterocycles. The number of likely N-dealkylation sites (tertiary alicyclic amines) is 1. The molecule has 2 aromatic carbocycles. The van der Waals surface area contributed by atoms with Gasteiger partial charge >= 0.3 is 6.01 Å². The van der Waals surface area contributed by atoms with Crippen molar-refractivity contribution < 1.29 is 13.9 Å². The predicted molar refractivity (Wildman–Crippen MR) is 182 cm³/mol. The number of fused-ring (bicyclic) bond motifs is 2. The van der Waals surface area contributed by atoms with Crippen LogP contribution in [0.5, 0.6) is 6.01 Å². The summed E-state index contributed by atoms with van der Waals surface area (Å²) >= 11 is 0. The van der Waals surface area contributed by atoms with Crippen molar-refractivity contribution in [2.45, 2.75) is 37.9 Å². The second-order valence-electron chi connectivity index (χ2n) is 11.3. The Labute approximate surface area is 272 Å². The number of hydrogen-bond donors (Lipinski definition) is 0. The molecule has 0 saturated carbocycles. The number of rotatable bonds is 7. The summed E-state index contributed by atoms with van der Waals surface area (Å²) in [5.41, 5.74) is 2.93. The summed E-state index contributed by atoms with van der Waals surface area (Å²) in [6.07, 6.45) is 4.26. The molecule has 2 fully saturated rings. The molecule has 44 heavy (non-hydrogen) atoms. The van der Waals surface area contributed by atoms with Gasteiger partial charge in [-0.15, -0.1) is 0 Å². The molecule has 3 aliphatic heterocycles. The Hall–Kier alpha value is -3.53. The van der Waals surface area contributed by atoms with Crippen molar-refractivity contribution in [3.8, 4) is 6.01 Å². The molecule has 0 aliphatic carbocycles. The Morgan fingerprint density at radius 3 is 2.73 bits per heavy atom. The number of carbonyl (C=O) groups excluding carboxylic acids is 1. The van der Waals surface area contributed by atoms with E-state index in [1.165, 1.54) is 12.1 Å². The average molecular weight is 638 g/mol. The van der Waals surface area contributed by atoms with E-state index in [1.807, 2.05) is 24.3 Å². The molecule has 6 rings (SSSR count). The number of hydrogen-bond acceptors (Lipinski definition) is 7. The normalized spacial score (nSPS) is 19.9. The minimum Gasteiger partial charge on any atom is -0.462 e. The van der Waals surface area contributed by atoms with Crippen molar-refractivity contribution in [2.75, 3.05) is 62.7 Å². The second-order valence-corrected chi connectivity index (χ2v) is 11.3. The van der Waals surface area contributed by atoms with E-state index in [1.54, 1.807) is 11.0 Å². The summed E-state index contributed by atoms with van der Waals surface area (Å²) in [6, 6.07) is 11.4. The van der Waals surface area contributed by atoms with Crippen LogP contribution in [-0.2, 0) is 17.8 Å². The molecule has 0 N–H and O–H groups in total. The first-order valence-electron chi connectivity index (χ1n) is 14.6. The van der Waals surface area contributed by atoms with Gasteiger partial charge in [-0.2, -0.15) is 37.0 Å². The molecule has 4 heterocycles. The number of likely N-dealkylation sites (N-methyl/N-ethyl adjacent to an activating group) is 1. The zero-order valence-corrected chi connectivity index (χ0v) is 27.0. The van der Waals surface area contributed by atoms with Gasteiger partial charge in [-0.05, 0) is 62.5 Å². The van der Waals surface area contributed by atoms with Gasteiger partial charge in [0.1, 0.15) is 24.3 Å². The van der Waals surface area contributed by atoms with E-state index < -0.39 is 0 Å². The number of aromatic nitrogens is 2. The van der Waals surface area contributed by atoms with Gasteiger partial charge in [0.25, 0.3) is 0 Å². The van der Waals surface area contributed by atoms with Gasteiger partial charge in [0.15, 0.2) is 0 Å². The lowest BCUT2D eigenvalue weighted by Gasteiger charge is -2.41. The number of carbonyl (C=O) groups is 1. The van der Waals surface area contributed by atoms with Crippen molar-refractivity contribution in [1.82, 2.24) is 19.8 Å². The SMILES string of the molecule is S.S.[C-]#[N+]C[C@H]1CN(c2nc(OC[C@@H]3CCCN3C)nc3c2CCN(c2cccc4ccc(F)cc24)C3)CCN1C(=O)C=C. The van der Waals surface area contributed by atoms with Crippen LogP contribution < -0.4 is 14.5 Å².